The summed E-state index contributed by atoms with van der Waals surface area (Å²) < 4.78 is 38.7. The summed E-state index contributed by atoms with van der Waals surface area (Å²) in [6.45, 7) is 1.75. The van der Waals surface area contributed by atoms with Gasteiger partial charge in [-0.1, -0.05) is 6.07 Å². The molecule has 10 heteroatoms. The van der Waals surface area contributed by atoms with Crippen molar-refractivity contribution in [2.75, 3.05) is 20.8 Å². The van der Waals surface area contributed by atoms with E-state index in [-0.39, 0.29) is 31.0 Å². The number of methoxy groups -OCH3 is 2. The lowest BCUT2D eigenvalue weighted by Crippen LogP contribution is -2.50. The fourth-order valence-electron chi connectivity index (χ4n) is 3.85. The molecule has 0 fully saturated rings. The van der Waals surface area contributed by atoms with E-state index in [0.29, 0.717) is 12.5 Å². The summed E-state index contributed by atoms with van der Waals surface area (Å²) in [5, 5.41) is 12.9. The molecule has 172 valence electrons. The van der Waals surface area contributed by atoms with Crippen LogP contribution in [0.1, 0.15) is 39.8 Å². The van der Waals surface area contributed by atoms with E-state index in [1.807, 2.05) is 0 Å². The molecule has 0 saturated heterocycles. The summed E-state index contributed by atoms with van der Waals surface area (Å²) in [5.74, 6) is -3.82. The molecule has 2 heterocycles. The van der Waals surface area contributed by atoms with Gasteiger partial charge in [0.05, 0.1) is 18.1 Å². The maximum absolute atomic E-state index is 13.8. The minimum absolute atomic E-state index is 0.0190. The minimum atomic E-state index is -1.04. The van der Waals surface area contributed by atoms with Gasteiger partial charge in [0.1, 0.15) is 22.9 Å². The number of aromatic hydroxyl groups is 1. The van der Waals surface area contributed by atoms with Crippen molar-refractivity contribution >= 4 is 11.7 Å². The Balaban J connectivity index is 1.93. The lowest BCUT2D eigenvalue weighted by atomic mass is 9.73. The van der Waals surface area contributed by atoms with Crippen LogP contribution in [0.3, 0.4) is 0 Å². The molecule has 0 unspecified atom stereocenters. The molecule has 0 bridgehead atoms. The summed E-state index contributed by atoms with van der Waals surface area (Å²) in [7, 11) is 2.94. The number of rotatable bonds is 7. The Bertz CT molecular complexity index is 1120. The number of ketones is 1. The zero-order chi connectivity index (χ0) is 23.6. The van der Waals surface area contributed by atoms with Gasteiger partial charge in [0.2, 0.25) is 5.43 Å². The fourth-order valence-corrected chi connectivity index (χ4v) is 3.85. The number of halogens is 2. The molecule has 8 nitrogen and oxygen atoms in total. The Kier molecular flexibility index (Phi) is 6.75. The number of nitrogens with one attached hydrogen (secondary N) is 1. The van der Waals surface area contributed by atoms with E-state index < -0.39 is 51.6 Å². The standard InChI is InChI=1S/C22H24F2N2O6/c1-22(6-7-31-2)16(32-3)11-26-10-14(18(27)19(28)17(26)20(22)29)21(30)25-9-12-4-5-13(23)8-15(12)24/h4-5,8,10,16,28H,6-7,9,11H2,1-3H3,(H,25,30)/t16-,22-/m0/s1. The van der Waals surface area contributed by atoms with Crippen LogP contribution >= 0.6 is 0 Å². The molecule has 0 saturated carbocycles. The Morgan fingerprint density at radius 2 is 2.03 bits per heavy atom. The highest BCUT2D eigenvalue weighted by molar-refractivity contribution is 6.03. The molecule has 1 aromatic carbocycles. The first-order chi connectivity index (χ1) is 15.1. The second-order valence-corrected chi connectivity index (χ2v) is 7.85. The average molecular weight is 450 g/mol. The van der Waals surface area contributed by atoms with E-state index in [1.165, 1.54) is 31.0 Å². The van der Waals surface area contributed by atoms with Crippen molar-refractivity contribution in [3.05, 3.63) is 63.1 Å². The lowest BCUT2D eigenvalue weighted by Gasteiger charge is -2.40. The van der Waals surface area contributed by atoms with Crippen LogP contribution < -0.4 is 10.7 Å². The maximum Gasteiger partial charge on any atom is 0.257 e. The number of fused-ring (bicyclic) bond motifs is 1. The molecule has 0 spiro atoms. The molecule has 1 aromatic heterocycles. The number of carbonyl (C=O) groups excluding carboxylic acids is 2. The van der Waals surface area contributed by atoms with E-state index in [1.54, 1.807) is 6.92 Å². The van der Waals surface area contributed by atoms with Gasteiger partial charge in [0.15, 0.2) is 11.5 Å². The van der Waals surface area contributed by atoms with Crippen molar-refractivity contribution in [2.24, 2.45) is 5.41 Å². The van der Waals surface area contributed by atoms with Crippen molar-refractivity contribution in [1.29, 1.82) is 0 Å². The predicted octanol–water partition coefficient (Wildman–Crippen LogP) is 2.02. The molecule has 1 aliphatic rings. The van der Waals surface area contributed by atoms with E-state index >= 15 is 0 Å². The van der Waals surface area contributed by atoms with Crippen LogP contribution in [0.5, 0.6) is 5.75 Å². The number of hydrogen-bond donors (Lipinski definition) is 2. The summed E-state index contributed by atoms with van der Waals surface area (Å²) in [4.78, 5) is 38.5. The smallest absolute Gasteiger partial charge is 0.257 e. The maximum atomic E-state index is 13.8. The molecule has 0 aliphatic carbocycles. The van der Waals surface area contributed by atoms with Gasteiger partial charge in [-0.3, -0.25) is 14.4 Å². The highest BCUT2D eigenvalue weighted by Crippen LogP contribution is 2.39. The monoisotopic (exact) mass is 450 g/mol. The van der Waals surface area contributed by atoms with Gasteiger partial charge in [-0.15, -0.1) is 0 Å². The molecule has 3 rings (SSSR count). The number of nitrogens with zero attached hydrogens (tertiary/aromatic N) is 1. The number of aromatic nitrogens is 1. The first-order valence-electron chi connectivity index (χ1n) is 9.89. The first-order valence-corrected chi connectivity index (χ1v) is 9.89. The van der Waals surface area contributed by atoms with E-state index in [2.05, 4.69) is 5.32 Å². The third-order valence-electron chi connectivity index (χ3n) is 5.87. The number of amides is 1. The molecule has 32 heavy (non-hydrogen) atoms. The van der Waals surface area contributed by atoms with Gasteiger partial charge in [-0.05, 0) is 19.4 Å². The van der Waals surface area contributed by atoms with E-state index in [4.69, 9.17) is 9.47 Å². The van der Waals surface area contributed by atoms with Gasteiger partial charge in [0.25, 0.3) is 5.91 Å². The molecular weight excluding hydrogens is 426 g/mol. The zero-order valence-electron chi connectivity index (χ0n) is 17.9. The molecule has 2 N–H and O–H groups in total. The van der Waals surface area contributed by atoms with Crippen LogP contribution in [0.2, 0.25) is 0 Å². The molecule has 2 atom stereocenters. The number of benzene rings is 1. The van der Waals surface area contributed by atoms with Crippen LogP contribution in [0.4, 0.5) is 8.78 Å². The second-order valence-electron chi connectivity index (χ2n) is 7.85. The van der Waals surface area contributed by atoms with E-state index in [0.717, 1.165) is 6.07 Å². The Labute approximate surface area is 182 Å². The normalized spacial score (nSPS) is 20.2. The van der Waals surface area contributed by atoms with Crippen molar-refractivity contribution in [3.8, 4) is 5.75 Å². The van der Waals surface area contributed by atoms with Crippen molar-refractivity contribution in [1.82, 2.24) is 9.88 Å². The van der Waals surface area contributed by atoms with Crippen LogP contribution in [0.15, 0.2) is 29.2 Å². The number of ether oxygens (including phenoxy) is 2. The number of Topliss-reactive ketones (excluding diaryl/α,β-unsaturated/α-hetero) is 1. The number of carbonyl (C=O) groups is 2. The second kappa shape index (κ2) is 9.17. The first kappa shape index (κ1) is 23.6. The average Bonchev–Trinajstić information content (AvgIpc) is 2.76. The Hall–Kier alpha value is -3.11. The van der Waals surface area contributed by atoms with Gasteiger partial charge in [-0.25, -0.2) is 8.78 Å². The third-order valence-corrected chi connectivity index (χ3v) is 5.87. The van der Waals surface area contributed by atoms with Gasteiger partial charge in [0, 0.05) is 45.2 Å². The summed E-state index contributed by atoms with van der Waals surface area (Å²) in [5.41, 5.74) is -2.67. The third kappa shape index (κ3) is 4.15. The fraction of sp³-hybridized carbons (Fsp3) is 0.409. The number of hydrogen-bond acceptors (Lipinski definition) is 6. The van der Waals surface area contributed by atoms with Crippen LogP contribution in [-0.4, -0.2) is 48.3 Å². The van der Waals surface area contributed by atoms with Crippen molar-refractivity contribution in [2.45, 2.75) is 32.5 Å². The summed E-state index contributed by atoms with van der Waals surface area (Å²) in [6.07, 6.45) is 0.886. The molecule has 0 radical (unpaired) electrons. The predicted molar refractivity (Wildman–Crippen MR) is 110 cm³/mol. The highest BCUT2D eigenvalue weighted by atomic mass is 19.1. The van der Waals surface area contributed by atoms with Crippen LogP contribution in [0, 0.1) is 17.0 Å². The zero-order valence-corrected chi connectivity index (χ0v) is 17.9. The molecular formula is C22H24F2N2O6. The topological polar surface area (TPSA) is 107 Å². The molecule has 2 aromatic rings. The molecule has 1 aliphatic heterocycles. The Morgan fingerprint density at radius 3 is 2.66 bits per heavy atom. The number of pyridine rings is 1. The van der Waals surface area contributed by atoms with Crippen molar-refractivity contribution in [3.63, 3.8) is 0 Å². The lowest BCUT2D eigenvalue weighted by molar-refractivity contribution is -0.0262. The largest absolute Gasteiger partial charge is 0.503 e. The van der Waals surface area contributed by atoms with E-state index in [9.17, 15) is 28.3 Å². The minimum Gasteiger partial charge on any atom is -0.503 e. The van der Waals surface area contributed by atoms with Crippen LogP contribution in [0.25, 0.3) is 0 Å². The quantitative estimate of drug-likeness (QED) is 0.669. The van der Waals surface area contributed by atoms with Gasteiger partial charge < -0.3 is 24.5 Å². The van der Waals surface area contributed by atoms with Gasteiger partial charge in [-0.2, -0.15) is 0 Å². The highest BCUT2D eigenvalue weighted by Gasteiger charge is 2.48. The SMILES string of the molecule is COCC[C@]1(C)C(=O)c2c(O)c(=O)c(C(=O)NCc3ccc(F)cc3F)cn2C[C@@H]1OC. The van der Waals surface area contributed by atoms with Crippen LogP contribution in [-0.2, 0) is 22.6 Å². The Morgan fingerprint density at radius 1 is 1.31 bits per heavy atom. The van der Waals surface area contributed by atoms with Crippen molar-refractivity contribution < 1.29 is 33.0 Å². The van der Waals surface area contributed by atoms with Gasteiger partial charge >= 0.3 is 0 Å². The summed E-state index contributed by atoms with van der Waals surface area (Å²) >= 11 is 0. The molecule has 1 amide bonds. The summed E-state index contributed by atoms with van der Waals surface area (Å²) in [6, 6.07) is 2.89.